The van der Waals surface area contributed by atoms with Gasteiger partial charge in [0, 0.05) is 15.7 Å². The van der Waals surface area contributed by atoms with Crippen LogP contribution in [0.3, 0.4) is 0 Å². The van der Waals surface area contributed by atoms with Crippen LogP contribution in [0.25, 0.3) is 10.1 Å². The molecule has 0 amide bonds. The molecule has 3 aromatic rings. The Hall–Kier alpha value is -1.37. The molecule has 3 nitrogen and oxygen atoms in total. The van der Waals surface area contributed by atoms with Gasteiger partial charge in [-0.15, -0.1) is 11.3 Å². The Labute approximate surface area is 160 Å². The molecule has 1 saturated carbocycles. The van der Waals surface area contributed by atoms with E-state index >= 15 is 0 Å². The molecular formula is C19H18BrNO2S2. The van der Waals surface area contributed by atoms with Gasteiger partial charge in [0.1, 0.15) is 5.00 Å². The van der Waals surface area contributed by atoms with E-state index in [0.29, 0.717) is 17.4 Å². The van der Waals surface area contributed by atoms with Crippen LogP contribution in [0.5, 0.6) is 0 Å². The monoisotopic (exact) mass is 435 g/mol. The molecule has 130 valence electrons. The topological polar surface area (TPSA) is 37.4 Å². The number of hydrogen-bond acceptors (Lipinski definition) is 3. The molecule has 0 N–H and O–H groups in total. The summed E-state index contributed by atoms with van der Waals surface area (Å²) >= 11 is 4.91. The maximum absolute atomic E-state index is 13.3. The number of hydrogen-bond donors (Lipinski definition) is 0. The predicted octanol–water partition coefficient (Wildman–Crippen LogP) is 5.66. The summed E-state index contributed by atoms with van der Waals surface area (Å²) in [4.78, 5) is 0.337. The van der Waals surface area contributed by atoms with Crippen molar-refractivity contribution >= 4 is 52.4 Å². The predicted molar refractivity (Wildman–Crippen MR) is 108 cm³/mol. The largest absolute Gasteiger partial charge is 0.264 e. The SMILES string of the molecule is O=S(=O)(c1ccc(Br)cc1)N(CCC1CC1)c1cc2ccccc2s1. The Morgan fingerprint density at radius 2 is 1.80 bits per heavy atom. The molecule has 0 bridgehead atoms. The summed E-state index contributed by atoms with van der Waals surface area (Å²) in [5.74, 6) is 0.678. The van der Waals surface area contributed by atoms with E-state index in [0.717, 1.165) is 26.0 Å². The molecule has 0 unspecified atom stereocenters. The van der Waals surface area contributed by atoms with E-state index in [2.05, 4.69) is 15.9 Å². The van der Waals surface area contributed by atoms with E-state index in [1.54, 1.807) is 28.6 Å². The Kier molecular flexibility index (Phi) is 4.60. The molecule has 0 aliphatic heterocycles. The highest BCUT2D eigenvalue weighted by Crippen LogP contribution is 2.38. The van der Waals surface area contributed by atoms with Gasteiger partial charge in [-0.05, 0) is 54.1 Å². The number of anilines is 1. The van der Waals surface area contributed by atoms with Gasteiger partial charge in [-0.2, -0.15) is 0 Å². The van der Waals surface area contributed by atoms with Crippen LogP contribution < -0.4 is 4.31 Å². The molecule has 0 saturated heterocycles. The van der Waals surface area contributed by atoms with Crippen molar-refractivity contribution in [2.75, 3.05) is 10.8 Å². The molecule has 1 aromatic heterocycles. The summed E-state index contributed by atoms with van der Waals surface area (Å²) < 4.78 is 30.1. The molecule has 4 rings (SSSR count). The van der Waals surface area contributed by atoms with Crippen LogP contribution in [0.15, 0.2) is 64.0 Å². The minimum Gasteiger partial charge on any atom is -0.257 e. The van der Waals surface area contributed by atoms with Crippen molar-refractivity contribution < 1.29 is 8.42 Å². The highest BCUT2D eigenvalue weighted by atomic mass is 79.9. The number of nitrogens with zero attached hydrogens (tertiary/aromatic N) is 1. The maximum atomic E-state index is 13.3. The van der Waals surface area contributed by atoms with Gasteiger partial charge in [0.05, 0.1) is 4.90 Å². The van der Waals surface area contributed by atoms with Crippen molar-refractivity contribution in [3.05, 3.63) is 59.1 Å². The summed E-state index contributed by atoms with van der Waals surface area (Å²) in [6, 6.07) is 16.9. The number of sulfonamides is 1. The van der Waals surface area contributed by atoms with Crippen LogP contribution in [0.2, 0.25) is 0 Å². The van der Waals surface area contributed by atoms with Gasteiger partial charge in [-0.3, -0.25) is 4.31 Å². The van der Waals surface area contributed by atoms with Gasteiger partial charge in [0.15, 0.2) is 0 Å². The molecule has 0 spiro atoms. The fraction of sp³-hybridized carbons (Fsp3) is 0.263. The van der Waals surface area contributed by atoms with Crippen LogP contribution >= 0.6 is 27.3 Å². The highest BCUT2D eigenvalue weighted by Gasteiger charge is 2.29. The van der Waals surface area contributed by atoms with Crippen molar-refractivity contribution in [2.24, 2.45) is 5.92 Å². The van der Waals surface area contributed by atoms with Crippen LogP contribution in [0.1, 0.15) is 19.3 Å². The molecule has 1 heterocycles. The second kappa shape index (κ2) is 6.74. The fourth-order valence-electron chi connectivity index (χ4n) is 2.88. The van der Waals surface area contributed by atoms with Crippen LogP contribution in [0, 0.1) is 5.92 Å². The Morgan fingerprint density at radius 1 is 1.08 bits per heavy atom. The minimum atomic E-state index is -3.56. The molecule has 1 aliphatic rings. The summed E-state index contributed by atoms with van der Waals surface area (Å²) in [6.07, 6.45) is 3.36. The molecular weight excluding hydrogens is 418 g/mol. The van der Waals surface area contributed by atoms with E-state index in [9.17, 15) is 8.42 Å². The molecule has 25 heavy (non-hydrogen) atoms. The molecule has 1 aliphatic carbocycles. The normalized spacial score (nSPS) is 14.8. The van der Waals surface area contributed by atoms with Gasteiger partial charge in [-0.25, -0.2) is 8.42 Å². The van der Waals surface area contributed by atoms with Crippen LogP contribution in [0.4, 0.5) is 5.00 Å². The Bertz CT molecular complexity index is 959. The number of rotatable bonds is 6. The lowest BCUT2D eigenvalue weighted by atomic mass is 10.2. The highest BCUT2D eigenvalue weighted by molar-refractivity contribution is 9.10. The lowest BCUT2D eigenvalue weighted by Gasteiger charge is -2.23. The fourth-order valence-corrected chi connectivity index (χ4v) is 5.92. The third-order valence-corrected chi connectivity index (χ3v) is 8.11. The van der Waals surface area contributed by atoms with Crippen molar-refractivity contribution in [1.82, 2.24) is 0 Å². The second-order valence-corrected chi connectivity index (χ2v) is 10.2. The van der Waals surface area contributed by atoms with Crippen LogP contribution in [-0.2, 0) is 10.0 Å². The zero-order chi connectivity index (χ0) is 17.4. The lowest BCUT2D eigenvalue weighted by Crippen LogP contribution is -2.31. The van der Waals surface area contributed by atoms with E-state index in [4.69, 9.17) is 0 Å². The third kappa shape index (κ3) is 3.61. The summed E-state index contributed by atoms with van der Waals surface area (Å²) in [5.41, 5.74) is 0. The lowest BCUT2D eigenvalue weighted by molar-refractivity contribution is 0.587. The van der Waals surface area contributed by atoms with Crippen LogP contribution in [-0.4, -0.2) is 15.0 Å². The summed E-state index contributed by atoms with van der Waals surface area (Å²) in [7, 11) is -3.56. The number of thiophene rings is 1. The molecule has 0 atom stereocenters. The van der Waals surface area contributed by atoms with E-state index in [1.165, 1.54) is 24.2 Å². The zero-order valence-electron chi connectivity index (χ0n) is 13.6. The van der Waals surface area contributed by atoms with E-state index in [-0.39, 0.29) is 0 Å². The molecule has 1 fully saturated rings. The molecule has 0 radical (unpaired) electrons. The Morgan fingerprint density at radius 3 is 2.48 bits per heavy atom. The first-order valence-corrected chi connectivity index (χ1v) is 11.4. The average molecular weight is 436 g/mol. The summed E-state index contributed by atoms with van der Waals surface area (Å²) in [5, 5.41) is 1.88. The first kappa shape index (κ1) is 17.1. The van der Waals surface area contributed by atoms with Crippen molar-refractivity contribution in [3.8, 4) is 0 Å². The average Bonchev–Trinajstić information content (AvgIpc) is 3.32. The first-order chi connectivity index (χ1) is 12.0. The third-order valence-electron chi connectivity index (χ3n) is 4.50. The quantitative estimate of drug-likeness (QED) is 0.500. The molecule has 6 heteroatoms. The zero-order valence-corrected chi connectivity index (χ0v) is 16.8. The Balaban J connectivity index is 1.74. The van der Waals surface area contributed by atoms with Gasteiger partial charge in [0.25, 0.3) is 10.0 Å². The number of fused-ring (bicyclic) bond motifs is 1. The second-order valence-electron chi connectivity index (χ2n) is 6.39. The minimum absolute atomic E-state index is 0.337. The van der Waals surface area contributed by atoms with Gasteiger partial charge in [0.2, 0.25) is 0 Å². The molecule has 2 aromatic carbocycles. The van der Waals surface area contributed by atoms with Crippen molar-refractivity contribution in [2.45, 2.75) is 24.2 Å². The summed E-state index contributed by atoms with van der Waals surface area (Å²) in [6.45, 7) is 0.538. The standard InChI is InChI=1S/C19H18BrNO2S2/c20-16-7-9-17(10-8-16)25(22,23)21(12-11-14-5-6-14)19-13-15-3-1-2-4-18(15)24-19/h1-4,7-10,13-14H,5-6,11-12H2. The van der Waals surface area contributed by atoms with Gasteiger partial charge < -0.3 is 0 Å². The first-order valence-electron chi connectivity index (χ1n) is 8.31. The van der Waals surface area contributed by atoms with Crippen molar-refractivity contribution in [3.63, 3.8) is 0 Å². The van der Waals surface area contributed by atoms with E-state index in [1.807, 2.05) is 30.3 Å². The number of benzene rings is 2. The van der Waals surface area contributed by atoms with Crippen molar-refractivity contribution in [1.29, 1.82) is 0 Å². The van der Waals surface area contributed by atoms with Gasteiger partial charge in [-0.1, -0.05) is 47.0 Å². The van der Waals surface area contributed by atoms with Gasteiger partial charge >= 0.3 is 0 Å². The smallest absolute Gasteiger partial charge is 0.257 e. The number of halogens is 1. The van der Waals surface area contributed by atoms with E-state index < -0.39 is 10.0 Å². The maximum Gasteiger partial charge on any atom is 0.264 e.